The van der Waals surface area contributed by atoms with Crippen LogP contribution in [0.3, 0.4) is 0 Å². The molecule has 0 radical (unpaired) electrons. The first kappa shape index (κ1) is 14.8. The van der Waals surface area contributed by atoms with Crippen LogP contribution >= 0.6 is 11.6 Å². The molecule has 0 spiro atoms. The number of rotatable bonds is 2. The Balaban J connectivity index is 2.11. The Hall–Kier alpha value is -1.09. The second-order valence-corrected chi connectivity index (χ2v) is 8.23. The van der Waals surface area contributed by atoms with E-state index in [-0.39, 0.29) is 0 Å². The molecule has 0 aromatic carbocycles. The highest BCUT2D eigenvalue weighted by atomic mass is 35.5. The summed E-state index contributed by atoms with van der Waals surface area (Å²) in [4.78, 5) is 8.86. The number of alkyl halides is 1. The van der Waals surface area contributed by atoms with Gasteiger partial charge in [0.15, 0.2) is 0 Å². The SMILES string of the molecule is CC1(C)CC(n2c(CCl)nc3cnccc32)CC(C)(C)C1. The number of fused-ring (bicyclic) bond motifs is 1. The first-order valence-corrected chi connectivity index (χ1v) is 8.22. The van der Waals surface area contributed by atoms with Crippen molar-refractivity contribution in [2.75, 3.05) is 0 Å². The Kier molecular flexibility index (Phi) is 3.52. The molecule has 3 nitrogen and oxygen atoms in total. The molecule has 1 saturated carbocycles. The van der Waals surface area contributed by atoms with E-state index in [2.05, 4.69) is 48.3 Å². The minimum atomic E-state index is 0.347. The van der Waals surface area contributed by atoms with Gasteiger partial charge in [-0.05, 0) is 36.2 Å². The number of pyridine rings is 1. The van der Waals surface area contributed by atoms with Gasteiger partial charge >= 0.3 is 0 Å². The molecule has 0 aliphatic heterocycles. The molecule has 0 unspecified atom stereocenters. The van der Waals surface area contributed by atoms with Crippen LogP contribution in [0.25, 0.3) is 11.0 Å². The van der Waals surface area contributed by atoms with E-state index in [9.17, 15) is 0 Å². The molecule has 1 fully saturated rings. The van der Waals surface area contributed by atoms with Crippen molar-refractivity contribution >= 4 is 22.6 Å². The number of nitrogens with zero attached hydrogens (tertiary/aromatic N) is 3. The molecule has 0 saturated heterocycles. The molecule has 3 rings (SSSR count). The second-order valence-electron chi connectivity index (χ2n) is 7.96. The molecular formula is C17H24ClN3. The summed E-state index contributed by atoms with van der Waals surface area (Å²) in [5.74, 6) is 1.42. The number of imidazole rings is 1. The lowest BCUT2D eigenvalue weighted by atomic mass is 9.63. The maximum Gasteiger partial charge on any atom is 0.125 e. The van der Waals surface area contributed by atoms with Gasteiger partial charge < -0.3 is 4.57 Å². The van der Waals surface area contributed by atoms with Crippen molar-refractivity contribution < 1.29 is 0 Å². The monoisotopic (exact) mass is 305 g/mol. The van der Waals surface area contributed by atoms with Crippen LogP contribution in [0.4, 0.5) is 0 Å². The minimum Gasteiger partial charge on any atom is -0.324 e. The third-order valence-electron chi connectivity index (χ3n) is 4.58. The molecule has 0 amide bonds. The van der Waals surface area contributed by atoms with Crippen LogP contribution in [-0.4, -0.2) is 14.5 Å². The molecular weight excluding hydrogens is 282 g/mol. The summed E-state index contributed by atoms with van der Waals surface area (Å²) >= 11 is 6.16. The van der Waals surface area contributed by atoms with Gasteiger partial charge in [0.1, 0.15) is 11.3 Å². The smallest absolute Gasteiger partial charge is 0.125 e. The Morgan fingerprint density at radius 3 is 2.52 bits per heavy atom. The molecule has 114 valence electrons. The van der Waals surface area contributed by atoms with Crippen LogP contribution in [0.5, 0.6) is 0 Å². The molecule has 4 heteroatoms. The highest BCUT2D eigenvalue weighted by Crippen LogP contribution is 2.50. The fourth-order valence-corrected chi connectivity index (χ4v) is 4.66. The lowest BCUT2D eigenvalue weighted by Gasteiger charge is -2.45. The fraction of sp³-hybridized carbons (Fsp3) is 0.647. The molecule has 1 aliphatic carbocycles. The van der Waals surface area contributed by atoms with Gasteiger partial charge in [0, 0.05) is 12.2 Å². The van der Waals surface area contributed by atoms with Gasteiger partial charge in [-0.25, -0.2) is 4.98 Å². The molecule has 2 aromatic rings. The van der Waals surface area contributed by atoms with Crippen molar-refractivity contribution in [2.24, 2.45) is 10.8 Å². The summed E-state index contributed by atoms with van der Waals surface area (Å²) in [5.41, 5.74) is 2.81. The van der Waals surface area contributed by atoms with Gasteiger partial charge in [-0.2, -0.15) is 0 Å². The van der Waals surface area contributed by atoms with E-state index in [0.717, 1.165) is 11.3 Å². The first-order chi connectivity index (χ1) is 9.81. The average molecular weight is 306 g/mol. The number of halogens is 1. The maximum absolute atomic E-state index is 6.16. The van der Waals surface area contributed by atoms with Crippen molar-refractivity contribution in [3.63, 3.8) is 0 Å². The predicted molar refractivity (Wildman–Crippen MR) is 87.5 cm³/mol. The van der Waals surface area contributed by atoms with Crippen LogP contribution in [0.2, 0.25) is 0 Å². The molecule has 0 bridgehead atoms. The predicted octanol–water partition coefficient (Wildman–Crippen LogP) is 4.95. The summed E-state index contributed by atoms with van der Waals surface area (Å²) in [5, 5.41) is 0. The van der Waals surface area contributed by atoms with Gasteiger partial charge in [-0.15, -0.1) is 11.6 Å². The van der Waals surface area contributed by atoms with Crippen LogP contribution in [0.1, 0.15) is 58.8 Å². The van der Waals surface area contributed by atoms with E-state index in [1.165, 1.54) is 24.8 Å². The lowest BCUT2D eigenvalue weighted by Crippen LogP contribution is -2.35. The molecule has 0 atom stereocenters. The largest absolute Gasteiger partial charge is 0.324 e. The van der Waals surface area contributed by atoms with Crippen molar-refractivity contribution in [1.82, 2.24) is 14.5 Å². The highest BCUT2D eigenvalue weighted by molar-refractivity contribution is 6.16. The fourth-order valence-electron chi connectivity index (χ4n) is 4.47. The molecule has 21 heavy (non-hydrogen) atoms. The summed E-state index contributed by atoms with van der Waals surface area (Å²) < 4.78 is 2.37. The molecule has 2 aromatic heterocycles. The zero-order valence-corrected chi connectivity index (χ0v) is 14.1. The van der Waals surface area contributed by atoms with Gasteiger partial charge in [-0.1, -0.05) is 27.7 Å². The van der Waals surface area contributed by atoms with E-state index in [4.69, 9.17) is 11.6 Å². The third kappa shape index (κ3) is 2.80. The minimum absolute atomic E-state index is 0.347. The summed E-state index contributed by atoms with van der Waals surface area (Å²) in [7, 11) is 0. The van der Waals surface area contributed by atoms with Gasteiger partial charge in [0.2, 0.25) is 0 Å². The van der Waals surface area contributed by atoms with E-state index >= 15 is 0 Å². The Labute approximate surface area is 131 Å². The zero-order chi connectivity index (χ0) is 15.3. The van der Waals surface area contributed by atoms with Crippen molar-refractivity contribution in [1.29, 1.82) is 0 Å². The van der Waals surface area contributed by atoms with Crippen molar-refractivity contribution in [3.8, 4) is 0 Å². The number of hydrogen-bond acceptors (Lipinski definition) is 2. The van der Waals surface area contributed by atoms with E-state index in [1.54, 1.807) is 0 Å². The van der Waals surface area contributed by atoms with Gasteiger partial charge in [0.25, 0.3) is 0 Å². The van der Waals surface area contributed by atoms with E-state index < -0.39 is 0 Å². The average Bonchev–Trinajstić information content (AvgIpc) is 2.73. The topological polar surface area (TPSA) is 30.7 Å². The number of hydrogen-bond donors (Lipinski definition) is 0. The van der Waals surface area contributed by atoms with E-state index in [0.29, 0.717) is 22.8 Å². The van der Waals surface area contributed by atoms with Gasteiger partial charge in [-0.3, -0.25) is 4.98 Å². The normalized spacial score (nSPS) is 21.8. The summed E-state index contributed by atoms with van der Waals surface area (Å²) in [6.45, 7) is 9.51. The Bertz CT molecular complexity index is 641. The Morgan fingerprint density at radius 2 is 1.90 bits per heavy atom. The second kappa shape index (κ2) is 4.98. The molecule has 2 heterocycles. The van der Waals surface area contributed by atoms with Crippen LogP contribution in [0, 0.1) is 10.8 Å². The van der Waals surface area contributed by atoms with Crippen LogP contribution in [-0.2, 0) is 5.88 Å². The standard InChI is InChI=1S/C17H24ClN3/c1-16(2)7-12(8-17(3,4)11-16)21-14-5-6-19-10-13(14)20-15(21)9-18/h5-6,10,12H,7-9,11H2,1-4H3. The van der Waals surface area contributed by atoms with Crippen molar-refractivity contribution in [3.05, 3.63) is 24.3 Å². The van der Waals surface area contributed by atoms with Crippen molar-refractivity contribution in [2.45, 2.75) is 58.9 Å². The summed E-state index contributed by atoms with van der Waals surface area (Å²) in [6, 6.07) is 2.53. The van der Waals surface area contributed by atoms with E-state index in [1.807, 2.05) is 12.4 Å². The summed E-state index contributed by atoms with van der Waals surface area (Å²) in [6.07, 6.45) is 7.29. The molecule has 1 aliphatic rings. The van der Waals surface area contributed by atoms with Gasteiger partial charge in [0.05, 0.1) is 17.6 Å². The quantitative estimate of drug-likeness (QED) is 0.735. The lowest BCUT2D eigenvalue weighted by molar-refractivity contribution is 0.0730. The molecule has 0 N–H and O–H groups in total. The first-order valence-electron chi connectivity index (χ1n) is 7.68. The van der Waals surface area contributed by atoms with Crippen LogP contribution < -0.4 is 0 Å². The maximum atomic E-state index is 6.16. The zero-order valence-electron chi connectivity index (χ0n) is 13.4. The van der Waals surface area contributed by atoms with Crippen LogP contribution in [0.15, 0.2) is 18.5 Å². The highest BCUT2D eigenvalue weighted by Gasteiger charge is 2.40. The number of aromatic nitrogens is 3. The third-order valence-corrected chi connectivity index (χ3v) is 4.82. The Morgan fingerprint density at radius 1 is 1.24 bits per heavy atom.